The van der Waals surface area contributed by atoms with Crippen molar-refractivity contribution in [1.82, 2.24) is 4.90 Å². The van der Waals surface area contributed by atoms with Crippen molar-refractivity contribution in [3.8, 4) is 5.75 Å². The summed E-state index contributed by atoms with van der Waals surface area (Å²) in [7, 11) is 0. The predicted octanol–water partition coefficient (Wildman–Crippen LogP) is 4.45. The van der Waals surface area contributed by atoms with Crippen molar-refractivity contribution in [1.29, 1.82) is 0 Å². The molecule has 1 saturated heterocycles. The summed E-state index contributed by atoms with van der Waals surface area (Å²) in [6.45, 7) is 1.59. The van der Waals surface area contributed by atoms with Crippen molar-refractivity contribution in [3.63, 3.8) is 0 Å². The Bertz CT molecular complexity index is 891. The van der Waals surface area contributed by atoms with E-state index in [1.54, 1.807) is 30.3 Å². The zero-order valence-corrected chi connectivity index (χ0v) is 16.7. The number of thioether (sulfide) groups is 1. The number of benzene rings is 2. The summed E-state index contributed by atoms with van der Waals surface area (Å²) in [5.74, 6) is -0.265. The fraction of sp³-hybridized carbons (Fsp3) is 0.105. The maximum Gasteiger partial charge on any atom is 0.308 e. The molecule has 3 rings (SSSR count). The van der Waals surface area contributed by atoms with Crippen LogP contribution in [0.25, 0.3) is 6.08 Å². The van der Waals surface area contributed by atoms with Crippen LogP contribution in [0.1, 0.15) is 18.1 Å². The van der Waals surface area contributed by atoms with Crippen LogP contribution in [-0.4, -0.2) is 22.0 Å². The van der Waals surface area contributed by atoms with Crippen LogP contribution in [0.15, 0.2) is 53.4 Å². The number of halogens is 1. The van der Waals surface area contributed by atoms with Crippen LogP contribution in [0.3, 0.4) is 0 Å². The number of carbonyl (C=O) groups excluding carboxylic acids is 3. The summed E-state index contributed by atoms with van der Waals surface area (Å²) in [5, 5.41) is -0.281. The fourth-order valence-corrected chi connectivity index (χ4v) is 3.56. The molecule has 1 fully saturated rings. The Labute approximate surface area is 168 Å². The molecule has 0 aromatic heterocycles. The lowest BCUT2D eigenvalue weighted by molar-refractivity contribution is -0.131. The minimum absolute atomic E-state index is 0.254. The largest absolute Gasteiger partial charge is 0.427 e. The van der Waals surface area contributed by atoms with E-state index in [9.17, 15) is 14.4 Å². The van der Waals surface area contributed by atoms with E-state index in [2.05, 4.69) is 22.6 Å². The number of nitrogens with zero attached hydrogens (tertiary/aromatic N) is 1. The SMILES string of the molecule is CC(=O)Oc1ccc(/C=C2\SC(=O)N(Cc3ccc(I)cc3)C2=O)cc1. The van der Waals surface area contributed by atoms with Crippen LogP contribution in [-0.2, 0) is 16.1 Å². The van der Waals surface area contributed by atoms with Gasteiger partial charge in [-0.1, -0.05) is 24.3 Å². The van der Waals surface area contributed by atoms with E-state index >= 15 is 0 Å². The Hall–Kier alpha value is -2.13. The third kappa shape index (κ3) is 4.53. The first-order valence-electron chi connectivity index (χ1n) is 7.70. The Balaban J connectivity index is 1.74. The highest BCUT2D eigenvalue weighted by atomic mass is 127. The van der Waals surface area contributed by atoms with Gasteiger partial charge >= 0.3 is 5.97 Å². The van der Waals surface area contributed by atoms with E-state index in [1.807, 2.05) is 24.3 Å². The molecular weight excluding hydrogens is 465 g/mol. The minimum Gasteiger partial charge on any atom is -0.427 e. The third-order valence-corrected chi connectivity index (χ3v) is 5.19. The van der Waals surface area contributed by atoms with Crippen LogP contribution in [0, 0.1) is 3.57 Å². The summed E-state index contributed by atoms with van der Waals surface area (Å²) in [4.78, 5) is 37.3. The molecule has 132 valence electrons. The molecule has 0 atom stereocenters. The van der Waals surface area contributed by atoms with E-state index in [0.29, 0.717) is 10.7 Å². The average Bonchev–Trinajstić information content (AvgIpc) is 2.85. The maximum atomic E-state index is 12.5. The van der Waals surface area contributed by atoms with E-state index in [1.165, 1.54) is 11.8 Å². The second-order valence-electron chi connectivity index (χ2n) is 5.56. The topological polar surface area (TPSA) is 63.7 Å². The molecule has 7 heteroatoms. The van der Waals surface area contributed by atoms with Gasteiger partial charge < -0.3 is 4.74 Å². The predicted molar refractivity (Wildman–Crippen MR) is 108 cm³/mol. The highest BCUT2D eigenvalue weighted by Crippen LogP contribution is 2.33. The first kappa shape index (κ1) is 18.7. The van der Waals surface area contributed by atoms with Gasteiger partial charge in [0.05, 0.1) is 11.4 Å². The van der Waals surface area contributed by atoms with Gasteiger partial charge in [0.2, 0.25) is 0 Å². The number of ether oxygens (including phenoxy) is 1. The first-order valence-corrected chi connectivity index (χ1v) is 9.60. The summed E-state index contributed by atoms with van der Waals surface area (Å²) in [6.07, 6.45) is 1.66. The van der Waals surface area contributed by atoms with Gasteiger partial charge in [0.25, 0.3) is 11.1 Å². The van der Waals surface area contributed by atoms with Crippen LogP contribution in [0.2, 0.25) is 0 Å². The highest BCUT2D eigenvalue weighted by Gasteiger charge is 2.34. The first-order chi connectivity index (χ1) is 12.4. The summed E-state index contributed by atoms with van der Waals surface area (Å²) in [5.41, 5.74) is 1.65. The zero-order valence-electron chi connectivity index (χ0n) is 13.8. The molecule has 2 aromatic rings. The van der Waals surface area contributed by atoms with Crippen LogP contribution < -0.4 is 4.74 Å². The lowest BCUT2D eigenvalue weighted by Crippen LogP contribution is -2.27. The Morgan fingerprint density at radius 3 is 2.38 bits per heavy atom. The van der Waals surface area contributed by atoms with Gasteiger partial charge in [0, 0.05) is 10.5 Å². The normalized spacial score (nSPS) is 15.6. The van der Waals surface area contributed by atoms with Crippen LogP contribution in [0.5, 0.6) is 5.75 Å². The zero-order chi connectivity index (χ0) is 18.7. The number of rotatable bonds is 4. The number of amides is 2. The van der Waals surface area contributed by atoms with E-state index in [-0.39, 0.29) is 17.7 Å². The average molecular weight is 479 g/mol. The van der Waals surface area contributed by atoms with Crippen LogP contribution >= 0.6 is 34.4 Å². The van der Waals surface area contributed by atoms with Crippen molar-refractivity contribution < 1.29 is 19.1 Å². The summed E-state index contributed by atoms with van der Waals surface area (Å²) in [6, 6.07) is 14.4. The number of imide groups is 1. The van der Waals surface area contributed by atoms with Gasteiger partial charge in [-0.2, -0.15) is 0 Å². The number of hydrogen-bond donors (Lipinski definition) is 0. The third-order valence-electron chi connectivity index (χ3n) is 3.57. The molecule has 5 nitrogen and oxygen atoms in total. The smallest absolute Gasteiger partial charge is 0.308 e. The number of esters is 1. The second kappa shape index (κ2) is 8.05. The Morgan fingerprint density at radius 2 is 1.77 bits per heavy atom. The van der Waals surface area contributed by atoms with Gasteiger partial charge in [0.1, 0.15) is 5.75 Å². The van der Waals surface area contributed by atoms with E-state index in [0.717, 1.165) is 26.5 Å². The van der Waals surface area contributed by atoms with E-state index in [4.69, 9.17) is 4.74 Å². The van der Waals surface area contributed by atoms with Crippen molar-refractivity contribution in [2.45, 2.75) is 13.5 Å². The molecule has 0 bridgehead atoms. The molecule has 2 aromatic carbocycles. The van der Waals surface area contributed by atoms with Crippen molar-refractivity contribution in [3.05, 3.63) is 68.1 Å². The molecule has 1 aliphatic rings. The van der Waals surface area contributed by atoms with Gasteiger partial charge in [-0.3, -0.25) is 19.3 Å². The second-order valence-corrected chi connectivity index (χ2v) is 7.80. The van der Waals surface area contributed by atoms with Gasteiger partial charge in [0.15, 0.2) is 0 Å². The standard InChI is InChI=1S/C19H14INO4S/c1-12(22)25-16-8-4-13(5-9-16)10-17-18(23)21(19(24)26-17)11-14-2-6-15(20)7-3-14/h2-10H,11H2,1H3/b17-10-. The summed E-state index contributed by atoms with van der Waals surface area (Å²) < 4.78 is 6.07. The molecule has 26 heavy (non-hydrogen) atoms. The van der Waals surface area contributed by atoms with Gasteiger partial charge in [-0.15, -0.1) is 0 Å². The van der Waals surface area contributed by atoms with Crippen molar-refractivity contribution >= 4 is 57.5 Å². The maximum absolute atomic E-state index is 12.5. The number of carbonyl (C=O) groups is 3. The molecule has 0 spiro atoms. The van der Waals surface area contributed by atoms with Crippen molar-refractivity contribution in [2.24, 2.45) is 0 Å². The molecule has 0 saturated carbocycles. The minimum atomic E-state index is -0.394. The Morgan fingerprint density at radius 1 is 1.12 bits per heavy atom. The van der Waals surface area contributed by atoms with Crippen LogP contribution in [0.4, 0.5) is 4.79 Å². The molecule has 0 radical (unpaired) electrons. The molecule has 0 aliphatic carbocycles. The molecule has 1 aliphatic heterocycles. The lowest BCUT2D eigenvalue weighted by Gasteiger charge is -2.12. The van der Waals surface area contributed by atoms with Gasteiger partial charge in [-0.25, -0.2) is 0 Å². The molecule has 2 amide bonds. The van der Waals surface area contributed by atoms with Crippen molar-refractivity contribution in [2.75, 3.05) is 0 Å². The lowest BCUT2D eigenvalue weighted by atomic mass is 10.2. The summed E-state index contributed by atoms with van der Waals surface area (Å²) >= 11 is 3.13. The Kier molecular flexibility index (Phi) is 5.77. The van der Waals surface area contributed by atoms with E-state index < -0.39 is 5.97 Å². The molecular formula is C19H14INO4S. The number of hydrogen-bond acceptors (Lipinski definition) is 5. The molecule has 0 N–H and O–H groups in total. The monoisotopic (exact) mass is 479 g/mol. The molecule has 0 unspecified atom stereocenters. The quantitative estimate of drug-likeness (QED) is 0.281. The van der Waals surface area contributed by atoms with Gasteiger partial charge in [-0.05, 0) is 75.8 Å². The fourth-order valence-electron chi connectivity index (χ4n) is 2.36. The molecule has 1 heterocycles. The highest BCUT2D eigenvalue weighted by molar-refractivity contribution is 14.1.